The van der Waals surface area contributed by atoms with Gasteiger partial charge in [-0.05, 0) is 18.1 Å². The van der Waals surface area contributed by atoms with Crippen LogP contribution < -0.4 is 0 Å². The Morgan fingerprint density at radius 2 is 2.31 bits per heavy atom. The molecule has 1 aromatic rings. The van der Waals surface area contributed by atoms with Crippen molar-refractivity contribution >= 4 is 21.7 Å². The first-order chi connectivity index (χ1) is 6.15. The van der Waals surface area contributed by atoms with Gasteiger partial charge in [0.1, 0.15) is 5.78 Å². The van der Waals surface area contributed by atoms with Crippen molar-refractivity contribution in [1.82, 2.24) is 0 Å². The maximum atomic E-state index is 11.0. The fourth-order valence-corrected chi connectivity index (χ4v) is 1.37. The van der Waals surface area contributed by atoms with E-state index in [1.807, 2.05) is 24.3 Å². The molecular weight excluding hydrogens is 232 g/mol. The van der Waals surface area contributed by atoms with Gasteiger partial charge in [0.2, 0.25) is 0 Å². The summed E-state index contributed by atoms with van der Waals surface area (Å²) in [6, 6.07) is 7.34. The molecule has 0 aliphatic heterocycles. The number of rotatable bonds is 3. The number of halogens is 1. The second-order valence-electron chi connectivity index (χ2n) is 2.88. The highest BCUT2D eigenvalue weighted by atomic mass is 79.9. The minimum absolute atomic E-state index is 0.00542. The van der Waals surface area contributed by atoms with Gasteiger partial charge in [0.05, 0.1) is 11.4 Å². The molecular formula is C10H11BrO2. The molecule has 0 radical (unpaired) electrons. The molecule has 3 heteroatoms. The van der Waals surface area contributed by atoms with E-state index in [4.69, 9.17) is 5.11 Å². The van der Waals surface area contributed by atoms with Crippen LogP contribution in [-0.2, 0) is 11.4 Å². The highest BCUT2D eigenvalue weighted by Gasteiger charge is 2.11. The van der Waals surface area contributed by atoms with Crippen LogP contribution in [0.2, 0.25) is 0 Å². The van der Waals surface area contributed by atoms with Crippen LogP contribution in [0.25, 0.3) is 0 Å². The molecule has 1 rings (SSSR count). The Hall–Kier alpha value is -0.670. The van der Waals surface area contributed by atoms with E-state index in [-0.39, 0.29) is 17.2 Å². The van der Waals surface area contributed by atoms with Crippen molar-refractivity contribution in [3.63, 3.8) is 0 Å². The van der Waals surface area contributed by atoms with Crippen molar-refractivity contribution in [2.45, 2.75) is 18.4 Å². The first kappa shape index (κ1) is 10.4. The molecule has 1 atom stereocenters. The molecule has 0 amide bonds. The quantitative estimate of drug-likeness (QED) is 0.826. The molecule has 1 aromatic carbocycles. The van der Waals surface area contributed by atoms with Crippen LogP contribution in [0.3, 0.4) is 0 Å². The van der Waals surface area contributed by atoms with Crippen LogP contribution in [0.4, 0.5) is 0 Å². The number of benzene rings is 1. The van der Waals surface area contributed by atoms with Crippen molar-refractivity contribution in [2.75, 3.05) is 0 Å². The minimum Gasteiger partial charge on any atom is -0.392 e. The van der Waals surface area contributed by atoms with Gasteiger partial charge in [0.15, 0.2) is 0 Å². The van der Waals surface area contributed by atoms with E-state index in [0.29, 0.717) is 0 Å². The fourth-order valence-electron chi connectivity index (χ4n) is 1.08. The zero-order valence-electron chi connectivity index (χ0n) is 7.33. The molecule has 0 spiro atoms. The standard InChI is InChI=1S/C10H11BrO2/c1-7(13)10(11)9-4-2-3-8(5-9)6-12/h2-5,10,12H,6H2,1H3. The van der Waals surface area contributed by atoms with E-state index < -0.39 is 0 Å². The third kappa shape index (κ3) is 2.64. The van der Waals surface area contributed by atoms with E-state index in [1.165, 1.54) is 6.92 Å². The summed E-state index contributed by atoms with van der Waals surface area (Å²) in [7, 11) is 0. The van der Waals surface area contributed by atoms with Gasteiger partial charge in [-0.1, -0.05) is 40.2 Å². The Morgan fingerprint density at radius 1 is 1.62 bits per heavy atom. The summed E-state index contributed by atoms with van der Waals surface area (Å²) >= 11 is 3.28. The third-order valence-corrected chi connectivity index (χ3v) is 2.96. The third-order valence-electron chi connectivity index (χ3n) is 1.78. The van der Waals surface area contributed by atoms with E-state index >= 15 is 0 Å². The monoisotopic (exact) mass is 242 g/mol. The maximum Gasteiger partial charge on any atom is 0.147 e. The van der Waals surface area contributed by atoms with Crippen molar-refractivity contribution < 1.29 is 9.90 Å². The molecule has 0 heterocycles. The average molecular weight is 243 g/mol. The van der Waals surface area contributed by atoms with Crippen LogP contribution in [0.5, 0.6) is 0 Å². The Kier molecular flexibility index (Phi) is 3.63. The lowest BCUT2D eigenvalue weighted by atomic mass is 10.1. The highest BCUT2D eigenvalue weighted by molar-refractivity contribution is 9.09. The Labute approximate surface area is 85.7 Å². The molecule has 1 N–H and O–H groups in total. The van der Waals surface area contributed by atoms with E-state index in [1.54, 1.807) is 0 Å². The largest absolute Gasteiger partial charge is 0.392 e. The predicted molar refractivity (Wildman–Crippen MR) is 54.7 cm³/mol. The number of aliphatic hydroxyl groups is 1. The number of Topliss-reactive ketones (excluding diaryl/α,β-unsaturated/α-hetero) is 1. The van der Waals surface area contributed by atoms with E-state index in [0.717, 1.165) is 11.1 Å². The lowest BCUT2D eigenvalue weighted by Crippen LogP contribution is -2.01. The SMILES string of the molecule is CC(=O)C(Br)c1cccc(CO)c1. The van der Waals surface area contributed by atoms with Crippen LogP contribution in [0, 0.1) is 0 Å². The van der Waals surface area contributed by atoms with Crippen molar-refractivity contribution in [3.8, 4) is 0 Å². The summed E-state index contributed by atoms with van der Waals surface area (Å²) in [5.41, 5.74) is 1.71. The number of hydrogen-bond donors (Lipinski definition) is 1. The number of carbonyl (C=O) groups is 1. The number of hydrogen-bond acceptors (Lipinski definition) is 2. The molecule has 13 heavy (non-hydrogen) atoms. The summed E-state index contributed by atoms with van der Waals surface area (Å²) in [4.78, 5) is 10.8. The molecule has 0 aliphatic carbocycles. The Morgan fingerprint density at radius 3 is 2.85 bits per heavy atom. The molecule has 2 nitrogen and oxygen atoms in total. The van der Waals surface area contributed by atoms with Gasteiger partial charge in [0.25, 0.3) is 0 Å². The number of alkyl halides is 1. The van der Waals surface area contributed by atoms with Crippen LogP contribution in [0.1, 0.15) is 22.9 Å². The molecule has 0 bridgehead atoms. The van der Waals surface area contributed by atoms with Gasteiger partial charge in [0, 0.05) is 0 Å². The molecule has 0 saturated carbocycles. The summed E-state index contributed by atoms with van der Waals surface area (Å²) in [6.07, 6.45) is 0. The summed E-state index contributed by atoms with van der Waals surface area (Å²) in [5.74, 6) is 0.0649. The minimum atomic E-state index is -0.265. The van der Waals surface area contributed by atoms with Gasteiger partial charge < -0.3 is 5.11 Å². The van der Waals surface area contributed by atoms with Crippen molar-refractivity contribution in [2.24, 2.45) is 0 Å². The molecule has 70 valence electrons. The van der Waals surface area contributed by atoms with Gasteiger partial charge in [-0.25, -0.2) is 0 Å². The number of carbonyl (C=O) groups excluding carboxylic acids is 1. The summed E-state index contributed by atoms with van der Waals surface area (Å²) < 4.78 is 0. The fraction of sp³-hybridized carbons (Fsp3) is 0.300. The highest BCUT2D eigenvalue weighted by Crippen LogP contribution is 2.24. The Balaban J connectivity index is 2.94. The number of aliphatic hydroxyl groups excluding tert-OH is 1. The number of ketones is 1. The van der Waals surface area contributed by atoms with Gasteiger partial charge >= 0.3 is 0 Å². The summed E-state index contributed by atoms with van der Waals surface area (Å²) in [5, 5.41) is 8.88. The molecule has 0 saturated heterocycles. The second-order valence-corrected chi connectivity index (χ2v) is 3.79. The first-order valence-electron chi connectivity index (χ1n) is 3.99. The normalized spacial score (nSPS) is 12.5. The van der Waals surface area contributed by atoms with Gasteiger partial charge in [-0.3, -0.25) is 4.79 Å². The zero-order chi connectivity index (χ0) is 9.84. The smallest absolute Gasteiger partial charge is 0.147 e. The van der Waals surface area contributed by atoms with Crippen molar-refractivity contribution in [1.29, 1.82) is 0 Å². The predicted octanol–water partition coefficient (Wildman–Crippen LogP) is 2.20. The first-order valence-corrected chi connectivity index (χ1v) is 4.91. The second kappa shape index (κ2) is 4.53. The lowest BCUT2D eigenvalue weighted by Gasteiger charge is -2.06. The molecule has 1 unspecified atom stereocenters. The van der Waals surface area contributed by atoms with E-state index in [2.05, 4.69) is 15.9 Å². The molecule has 0 aliphatic rings. The molecule has 0 aromatic heterocycles. The summed E-state index contributed by atoms with van der Waals surface area (Å²) in [6.45, 7) is 1.54. The Bertz CT molecular complexity index is 310. The van der Waals surface area contributed by atoms with Gasteiger partial charge in [-0.2, -0.15) is 0 Å². The maximum absolute atomic E-state index is 11.0. The van der Waals surface area contributed by atoms with Crippen LogP contribution in [0.15, 0.2) is 24.3 Å². The zero-order valence-corrected chi connectivity index (χ0v) is 8.91. The van der Waals surface area contributed by atoms with E-state index in [9.17, 15) is 4.79 Å². The topological polar surface area (TPSA) is 37.3 Å². The average Bonchev–Trinajstić information content (AvgIpc) is 2.16. The molecule has 0 fully saturated rings. The lowest BCUT2D eigenvalue weighted by molar-refractivity contribution is -0.116. The van der Waals surface area contributed by atoms with Crippen molar-refractivity contribution in [3.05, 3.63) is 35.4 Å². The van der Waals surface area contributed by atoms with Gasteiger partial charge in [-0.15, -0.1) is 0 Å². The van der Waals surface area contributed by atoms with Crippen LogP contribution in [-0.4, -0.2) is 10.9 Å². The van der Waals surface area contributed by atoms with Crippen LogP contribution >= 0.6 is 15.9 Å².